The molecule has 0 N–H and O–H groups in total. The van der Waals surface area contributed by atoms with E-state index >= 15 is 0 Å². The van der Waals surface area contributed by atoms with E-state index in [0.717, 1.165) is 6.26 Å². The summed E-state index contributed by atoms with van der Waals surface area (Å²) in [5.74, 6) is -4.72. The molecular formula is C39H68O20S2. The quantitative estimate of drug-likeness (QED) is 0.0880. The summed E-state index contributed by atoms with van der Waals surface area (Å²) in [5.41, 5.74) is -4.63. The number of ether oxygens (including phenoxy) is 10. The summed E-state index contributed by atoms with van der Waals surface area (Å²) in [6, 6.07) is 0. The van der Waals surface area contributed by atoms with Gasteiger partial charge in [0.25, 0.3) is 20.2 Å². The van der Waals surface area contributed by atoms with Gasteiger partial charge in [0.1, 0.15) is 37.1 Å². The number of carbonyl (C=O) groups excluding carboxylic acids is 4. The second-order valence-electron chi connectivity index (χ2n) is 19.6. The van der Waals surface area contributed by atoms with E-state index in [9.17, 15) is 36.0 Å². The van der Waals surface area contributed by atoms with Crippen LogP contribution < -0.4 is 0 Å². The van der Waals surface area contributed by atoms with Crippen molar-refractivity contribution in [1.29, 1.82) is 0 Å². The summed E-state index contributed by atoms with van der Waals surface area (Å²) in [7, 11) is -6.19. The summed E-state index contributed by atoms with van der Waals surface area (Å²) in [6.07, 6.45) is -15.2. The van der Waals surface area contributed by atoms with E-state index in [1.807, 2.05) is 0 Å². The molecule has 20 nitrogen and oxygen atoms in total. The molecule has 0 saturated carbocycles. The first-order valence-corrected chi connectivity index (χ1v) is 23.2. The molecule has 2 rings (SSSR count). The smallest absolute Gasteiger partial charge is 0.311 e. The molecule has 2 heterocycles. The van der Waals surface area contributed by atoms with E-state index < -0.39 is 146 Å². The Morgan fingerprint density at radius 2 is 1.05 bits per heavy atom. The molecule has 0 aliphatic carbocycles. The third-order valence-corrected chi connectivity index (χ3v) is 9.93. The third kappa shape index (κ3) is 16.5. The van der Waals surface area contributed by atoms with Crippen LogP contribution in [-0.2, 0) is 95.1 Å². The Morgan fingerprint density at radius 3 is 1.46 bits per heavy atom. The van der Waals surface area contributed by atoms with Gasteiger partial charge in [-0.05, 0) is 96.9 Å². The van der Waals surface area contributed by atoms with Crippen molar-refractivity contribution in [1.82, 2.24) is 0 Å². The van der Waals surface area contributed by atoms with Gasteiger partial charge in [0, 0.05) is 14.2 Å². The number of hydrogen-bond donors (Lipinski definition) is 0. The van der Waals surface area contributed by atoms with Crippen LogP contribution in [0.4, 0.5) is 0 Å². The molecule has 22 heteroatoms. The lowest BCUT2D eigenvalue weighted by atomic mass is 9.92. The van der Waals surface area contributed by atoms with Crippen LogP contribution in [0.25, 0.3) is 0 Å². The molecule has 0 bridgehead atoms. The van der Waals surface area contributed by atoms with Crippen molar-refractivity contribution in [3.8, 4) is 0 Å². The normalized spacial score (nSPS) is 26.3. The van der Waals surface area contributed by atoms with Crippen LogP contribution in [0.2, 0.25) is 0 Å². The highest BCUT2D eigenvalue weighted by atomic mass is 32.2. The molecule has 0 amide bonds. The molecule has 2 saturated heterocycles. The van der Waals surface area contributed by atoms with Crippen LogP contribution in [-0.4, -0.2) is 148 Å². The van der Waals surface area contributed by atoms with E-state index in [4.69, 9.17) is 55.7 Å². The Bertz CT molecular complexity index is 1750. The van der Waals surface area contributed by atoms with Gasteiger partial charge < -0.3 is 47.4 Å². The minimum Gasteiger partial charge on any atom is -0.462 e. The monoisotopic (exact) mass is 920 g/mol. The standard InChI is InChI=1S/C39H68O20S2/c1-35(2,3)31(40)50-19-21-23(54-32(41)36(4,5)6)25(55-33(42)37(7,8)9)27(56-34(43)38(10,11)12)30(52-21)53-24(22(59-61(18,46)47)20-51-60(17,44)45)26-28(29(48-15)49-16)58-39(13,14)57-26/h21-30H,19-20H2,1-18H3/t21-,22-,23-,24-,25+,26+,27-,28-,30-/m1/s1. The number of esters is 4. The van der Waals surface area contributed by atoms with E-state index in [0.29, 0.717) is 6.26 Å². The lowest BCUT2D eigenvalue weighted by molar-refractivity contribution is -0.332. The van der Waals surface area contributed by atoms with Crippen molar-refractivity contribution >= 4 is 44.1 Å². The molecule has 61 heavy (non-hydrogen) atoms. The first kappa shape index (κ1) is 54.6. The minimum atomic E-state index is -4.48. The molecule has 0 aromatic heterocycles. The number of hydrogen-bond acceptors (Lipinski definition) is 20. The van der Waals surface area contributed by atoms with Crippen LogP contribution in [0.5, 0.6) is 0 Å². The van der Waals surface area contributed by atoms with Gasteiger partial charge in [-0.25, -0.2) is 0 Å². The predicted molar refractivity (Wildman–Crippen MR) is 214 cm³/mol. The molecular weight excluding hydrogens is 853 g/mol. The number of rotatable bonds is 17. The van der Waals surface area contributed by atoms with Crippen molar-refractivity contribution < 1.29 is 91.7 Å². The Kier molecular flexibility index (Phi) is 18.0. The van der Waals surface area contributed by atoms with Crippen molar-refractivity contribution in [2.75, 3.05) is 39.9 Å². The van der Waals surface area contributed by atoms with Crippen molar-refractivity contribution in [2.24, 2.45) is 21.7 Å². The van der Waals surface area contributed by atoms with Crippen molar-refractivity contribution in [3.05, 3.63) is 0 Å². The van der Waals surface area contributed by atoms with Gasteiger partial charge >= 0.3 is 23.9 Å². The Morgan fingerprint density at radius 1 is 0.623 bits per heavy atom. The van der Waals surface area contributed by atoms with Crippen LogP contribution in [0, 0.1) is 21.7 Å². The first-order chi connectivity index (χ1) is 27.3. The van der Waals surface area contributed by atoms with Crippen LogP contribution in [0.15, 0.2) is 0 Å². The van der Waals surface area contributed by atoms with E-state index in [1.165, 1.54) is 48.8 Å². The van der Waals surface area contributed by atoms with E-state index in [-0.39, 0.29) is 0 Å². The Hall–Kier alpha value is -2.54. The highest BCUT2D eigenvalue weighted by Crippen LogP contribution is 2.40. The van der Waals surface area contributed by atoms with Crippen molar-refractivity contribution in [3.63, 3.8) is 0 Å². The van der Waals surface area contributed by atoms with Gasteiger partial charge in [0.15, 0.2) is 36.7 Å². The second-order valence-corrected chi connectivity index (χ2v) is 22.8. The van der Waals surface area contributed by atoms with Crippen LogP contribution in [0.3, 0.4) is 0 Å². The highest BCUT2D eigenvalue weighted by molar-refractivity contribution is 7.86. The fourth-order valence-electron chi connectivity index (χ4n) is 5.57. The second kappa shape index (κ2) is 20.1. The topological polar surface area (TPSA) is 247 Å². The summed E-state index contributed by atoms with van der Waals surface area (Å²) in [5, 5.41) is 0. The largest absolute Gasteiger partial charge is 0.462 e. The fourth-order valence-corrected chi connectivity index (χ4v) is 6.56. The highest BCUT2D eigenvalue weighted by Gasteiger charge is 2.59. The van der Waals surface area contributed by atoms with Gasteiger partial charge in [-0.3, -0.25) is 27.5 Å². The van der Waals surface area contributed by atoms with Gasteiger partial charge in [-0.2, -0.15) is 16.8 Å². The SMILES string of the molecule is COC(OC)[C@@H]1OC(C)(C)O[C@H]1[C@H](O[C@H]1O[C@H](COC(=O)C(C)(C)C)[C@@H](OC(=O)C(C)(C)C)[C@H](OC(=O)C(C)(C)C)[C@H]1OC(=O)C(C)(C)C)[C@@H](COS(C)(=O)=O)OS(C)(=O)=O. The predicted octanol–water partition coefficient (Wildman–Crippen LogP) is 3.02. The zero-order valence-electron chi connectivity index (χ0n) is 38.7. The maximum absolute atomic E-state index is 13.9. The van der Waals surface area contributed by atoms with Gasteiger partial charge in [-0.15, -0.1) is 0 Å². The number of carbonyl (C=O) groups is 4. The molecule has 0 radical (unpaired) electrons. The third-order valence-electron chi connectivity index (χ3n) is 8.77. The molecule has 0 aromatic rings. The van der Waals surface area contributed by atoms with E-state index in [1.54, 1.807) is 62.3 Å². The zero-order chi connectivity index (χ0) is 47.5. The van der Waals surface area contributed by atoms with Gasteiger partial charge in [0.2, 0.25) is 0 Å². The van der Waals surface area contributed by atoms with Gasteiger partial charge in [0.05, 0.1) is 40.8 Å². The maximum atomic E-state index is 13.9. The van der Waals surface area contributed by atoms with Crippen LogP contribution >= 0.6 is 0 Å². The molecule has 2 aliphatic heterocycles. The molecule has 0 spiro atoms. The van der Waals surface area contributed by atoms with E-state index in [2.05, 4.69) is 0 Å². The molecule has 356 valence electrons. The lowest BCUT2D eigenvalue weighted by Gasteiger charge is -2.47. The zero-order valence-corrected chi connectivity index (χ0v) is 40.3. The Balaban J connectivity index is 3.10. The van der Waals surface area contributed by atoms with Gasteiger partial charge in [-0.1, -0.05) is 0 Å². The average Bonchev–Trinajstić information content (AvgIpc) is 3.38. The fraction of sp³-hybridized carbons (Fsp3) is 0.897. The average molecular weight is 921 g/mol. The number of methoxy groups -OCH3 is 2. The molecule has 0 aromatic carbocycles. The lowest BCUT2D eigenvalue weighted by Crippen LogP contribution is -2.65. The van der Waals surface area contributed by atoms with Crippen LogP contribution in [0.1, 0.15) is 96.9 Å². The summed E-state index contributed by atoms with van der Waals surface area (Å²) < 4.78 is 121. The molecule has 2 aliphatic rings. The molecule has 9 atom stereocenters. The first-order valence-electron chi connectivity index (χ1n) is 19.6. The summed E-state index contributed by atoms with van der Waals surface area (Å²) in [4.78, 5) is 54.5. The maximum Gasteiger partial charge on any atom is 0.311 e. The summed E-state index contributed by atoms with van der Waals surface area (Å²) in [6.45, 7) is 20.1. The summed E-state index contributed by atoms with van der Waals surface area (Å²) >= 11 is 0. The van der Waals surface area contributed by atoms with Crippen molar-refractivity contribution in [2.45, 2.75) is 164 Å². The molecule has 2 fully saturated rings. The molecule has 0 unspecified atom stereocenters. The minimum absolute atomic E-state index is 0.652. The Labute approximate surface area is 360 Å².